The largest absolute Gasteiger partial charge is 0.468 e. The van der Waals surface area contributed by atoms with E-state index in [-0.39, 0.29) is 0 Å². The Morgan fingerprint density at radius 1 is 0.893 bits per heavy atom. The number of fused-ring (bicyclic) bond motifs is 1. The van der Waals surface area contributed by atoms with Gasteiger partial charge in [-0.15, -0.1) is 0 Å². The molecule has 2 aromatic rings. The highest BCUT2D eigenvalue weighted by Gasteiger charge is 2.40. The van der Waals surface area contributed by atoms with Crippen LogP contribution in [0.4, 0.5) is 4.79 Å². The van der Waals surface area contributed by atoms with E-state index in [1.807, 2.05) is 30.3 Å². The molecule has 0 saturated carbocycles. The Kier molecular flexibility index (Phi) is 6.62. The molecule has 1 atom stereocenters. The second-order valence-corrected chi connectivity index (χ2v) is 7.22. The van der Waals surface area contributed by atoms with Crippen LogP contribution in [-0.4, -0.2) is 37.9 Å². The summed E-state index contributed by atoms with van der Waals surface area (Å²) in [5.41, 5.74) is -0.177. The van der Waals surface area contributed by atoms with Crippen molar-refractivity contribution in [2.45, 2.75) is 32.4 Å². The molecule has 0 saturated heterocycles. The number of alkyl carbamates (subject to hydrolysis) is 1. The Bertz CT molecular complexity index is 849. The van der Waals surface area contributed by atoms with Gasteiger partial charge in [-0.1, -0.05) is 42.5 Å². The number of hydrogen-bond donors (Lipinski definition) is 1. The molecule has 0 aliphatic carbocycles. The molecule has 1 amide bonds. The van der Waals surface area contributed by atoms with Crippen LogP contribution in [0.25, 0.3) is 10.8 Å². The number of carbonyl (C=O) groups is 3. The fourth-order valence-corrected chi connectivity index (χ4v) is 2.92. The van der Waals surface area contributed by atoms with Gasteiger partial charge in [0.15, 0.2) is 5.92 Å². The Labute approximate surface area is 164 Å². The smallest absolute Gasteiger partial charge is 0.408 e. The van der Waals surface area contributed by atoms with E-state index in [1.165, 1.54) is 14.2 Å². The third-order valence-corrected chi connectivity index (χ3v) is 4.07. The minimum absolute atomic E-state index is 0.574. The van der Waals surface area contributed by atoms with Gasteiger partial charge in [0.2, 0.25) is 0 Å². The topological polar surface area (TPSA) is 90.9 Å². The zero-order chi connectivity index (χ0) is 20.9. The summed E-state index contributed by atoms with van der Waals surface area (Å²) < 4.78 is 14.9. The van der Waals surface area contributed by atoms with Crippen molar-refractivity contribution in [3.63, 3.8) is 0 Å². The minimum atomic E-state index is -1.40. The first-order valence-electron chi connectivity index (χ1n) is 8.80. The van der Waals surface area contributed by atoms with Crippen molar-refractivity contribution in [2.75, 3.05) is 14.2 Å². The van der Waals surface area contributed by atoms with Crippen LogP contribution in [0.2, 0.25) is 0 Å². The summed E-state index contributed by atoms with van der Waals surface area (Å²) in [5.74, 6) is -3.03. The zero-order valence-corrected chi connectivity index (χ0v) is 16.6. The average Bonchev–Trinajstić information content (AvgIpc) is 2.65. The van der Waals surface area contributed by atoms with Crippen molar-refractivity contribution in [3.05, 3.63) is 48.0 Å². The summed E-state index contributed by atoms with van der Waals surface area (Å²) in [7, 11) is 2.35. The lowest BCUT2D eigenvalue weighted by atomic mass is 9.89. The lowest BCUT2D eigenvalue weighted by Crippen LogP contribution is -2.43. The lowest BCUT2D eigenvalue weighted by Gasteiger charge is -2.28. The maximum absolute atomic E-state index is 12.5. The number of ether oxygens (including phenoxy) is 3. The van der Waals surface area contributed by atoms with Crippen LogP contribution in [0.15, 0.2) is 42.5 Å². The van der Waals surface area contributed by atoms with Crippen LogP contribution in [0.5, 0.6) is 0 Å². The summed E-state index contributed by atoms with van der Waals surface area (Å²) in [4.78, 5) is 37.3. The molecule has 28 heavy (non-hydrogen) atoms. The molecule has 0 spiro atoms. The van der Waals surface area contributed by atoms with Gasteiger partial charge in [-0.25, -0.2) is 4.79 Å². The van der Waals surface area contributed by atoms with Crippen molar-refractivity contribution in [2.24, 2.45) is 5.92 Å². The number of nitrogens with one attached hydrogen (secondary N) is 1. The van der Waals surface area contributed by atoms with Crippen LogP contribution < -0.4 is 5.32 Å². The van der Waals surface area contributed by atoms with E-state index >= 15 is 0 Å². The van der Waals surface area contributed by atoms with Crippen molar-refractivity contribution < 1.29 is 28.6 Å². The van der Waals surface area contributed by atoms with Crippen LogP contribution in [0.1, 0.15) is 32.4 Å². The predicted molar refractivity (Wildman–Crippen MR) is 104 cm³/mol. The van der Waals surface area contributed by atoms with Gasteiger partial charge in [-0.3, -0.25) is 9.59 Å². The standard InChI is InChI=1S/C21H25NO6/c1-21(2,3)28-20(25)22-17(16(18(23)26-4)19(24)27-5)15-12-8-10-13-9-6-7-11-14(13)15/h6-12,16-17H,1-5H3,(H,22,25)/t17-/m1/s1. The van der Waals surface area contributed by atoms with Gasteiger partial charge in [0.25, 0.3) is 0 Å². The van der Waals surface area contributed by atoms with Gasteiger partial charge in [0, 0.05) is 0 Å². The van der Waals surface area contributed by atoms with Gasteiger partial charge in [-0.2, -0.15) is 0 Å². The van der Waals surface area contributed by atoms with Crippen molar-refractivity contribution >= 4 is 28.8 Å². The second-order valence-electron chi connectivity index (χ2n) is 7.22. The van der Waals surface area contributed by atoms with Gasteiger partial charge in [0.05, 0.1) is 20.3 Å². The van der Waals surface area contributed by atoms with E-state index in [9.17, 15) is 14.4 Å². The lowest BCUT2D eigenvalue weighted by molar-refractivity contribution is -0.160. The molecular weight excluding hydrogens is 362 g/mol. The molecule has 0 aliphatic rings. The Balaban J connectivity index is 2.58. The second kappa shape index (κ2) is 8.73. The van der Waals surface area contributed by atoms with Gasteiger partial charge < -0.3 is 19.5 Å². The van der Waals surface area contributed by atoms with E-state index in [2.05, 4.69) is 5.32 Å². The van der Waals surface area contributed by atoms with Crippen molar-refractivity contribution in [1.29, 1.82) is 0 Å². The van der Waals surface area contributed by atoms with E-state index in [4.69, 9.17) is 14.2 Å². The van der Waals surface area contributed by atoms with Gasteiger partial charge in [0.1, 0.15) is 5.60 Å². The summed E-state index contributed by atoms with van der Waals surface area (Å²) in [5, 5.41) is 4.32. The molecule has 0 unspecified atom stereocenters. The molecule has 0 fully saturated rings. The monoisotopic (exact) mass is 387 g/mol. The highest BCUT2D eigenvalue weighted by molar-refractivity contribution is 5.97. The van der Waals surface area contributed by atoms with Crippen molar-refractivity contribution in [1.82, 2.24) is 5.32 Å². The SMILES string of the molecule is COC(=O)C(C(=O)OC)[C@H](NC(=O)OC(C)(C)C)c1cccc2ccccc12. The summed E-state index contributed by atoms with van der Waals surface area (Å²) >= 11 is 0. The molecule has 0 aliphatic heterocycles. The van der Waals surface area contributed by atoms with E-state index in [0.717, 1.165) is 10.8 Å². The molecule has 7 heteroatoms. The molecule has 0 aromatic heterocycles. The fraction of sp³-hybridized carbons (Fsp3) is 0.381. The molecule has 0 radical (unpaired) electrons. The van der Waals surface area contributed by atoms with Crippen molar-refractivity contribution in [3.8, 4) is 0 Å². The summed E-state index contributed by atoms with van der Waals surface area (Å²) in [6.45, 7) is 5.16. The molecule has 7 nitrogen and oxygen atoms in total. The summed E-state index contributed by atoms with van der Waals surface area (Å²) in [6.07, 6.45) is -0.761. The maximum Gasteiger partial charge on any atom is 0.408 e. The third-order valence-electron chi connectivity index (χ3n) is 4.07. The number of esters is 2. The number of rotatable bonds is 5. The molecule has 0 bridgehead atoms. The molecule has 2 aromatic carbocycles. The first-order valence-corrected chi connectivity index (χ1v) is 8.80. The fourth-order valence-electron chi connectivity index (χ4n) is 2.92. The Morgan fingerprint density at radius 2 is 1.46 bits per heavy atom. The molecule has 1 N–H and O–H groups in total. The number of methoxy groups -OCH3 is 2. The van der Waals surface area contributed by atoms with Crippen LogP contribution >= 0.6 is 0 Å². The highest BCUT2D eigenvalue weighted by atomic mass is 16.6. The average molecular weight is 387 g/mol. The number of hydrogen-bond acceptors (Lipinski definition) is 6. The zero-order valence-electron chi connectivity index (χ0n) is 16.6. The van der Waals surface area contributed by atoms with Gasteiger partial charge >= 0.3 is 18.0 Å². The molecule has 150 valence electrons. The van der Waals surface area contributed by atoms with Crippen LogP contribution in [-0.2, 0) is 23.8 Å². The minimum Gasteiger partial charge on any atom is -0.468 e. The van der Waals surface area contributed by atoms with E-state index in [0.29, 0.717) is 5.56 Å². The molecular formula is C21H25NO6. The Hall–Kier alpha value is -3.09. The number of amides is 1. The van der Waals surface area contributed by atoms with E-state index in [1.54, 1.807) is 32.9 Å². The van der Waals surface area contributed by atoms with Crippen LogP contribution in [0, 0.1) is 5.92 Å². The molecule has 0 heterocycles. The third kappa shape index (κ3) is 5.00. The quantitative estimate of drug-likeness (QED) is 0.481. The van der Waals surface area contributed by atoms with Crippen LogP contribution in [0.3, 0.4) is 0 Å². The Morgan fingerprint density at radius 3 is 2.04 bits per heavy atom. The first kappa shape index (κ1) is 21.2. The summed E-state index contributed by atoms with van der Waals surface area (Å²) in [6, 6.07) is 11.8. The maximum atomic E-state index is 12.5. The van der Waals surface area contributed by atoms with E-state index < -0.39 is 35.6 Å². The highest BCUT2D eigenvalue weighted by Crippen LogP contribution is 2.31. The molecule has 2 rings (SSSR count). The number of carbonyl (C=O) groups excluding carboxylic acids is 3. The normalized spacial score (nSPS) is 12.4. The predicted octanol–water partition coefficient (Wildman–Crippen LogP) is 3.37. The number of benzene rings is 2. The first-order chi connectivity index (χ1) is 13.2. The van der Waals surface area contributed by atoms with Gasteiger partial charge in [-0.05, 0) is 37.1 Å².